The van der Waals surface area contributed by atoms with Crippen molar-refractivity contribution >= 4 is 16.8 Å². The number of carbonyl (C=O) groups excluding carboxylic acids is 1. The molecule has 24 heavy (non-hydrogen) atoms. The Kier molecular flexibility index (Phi) is 6.67. The predicted molar refractivity (Wildman–Crippen MR) is 94.8 cm³/mol. The molecule has 0 bridgehead atoms. The Morgan fingerprint density at radius 2 is 1.83 bits per heavy atom. The molecule has 0 saturated carbocycles. The molecule has 0 aromatic heterocycles. The molecule has 2 aromatic carbocycles. The molecule has 0 N–H and O–H groups in total. The fourth-order valence-corrected chi connectivity index (χ4v) is 3.57. The molecule has 2 rings (SSSR count). The van der Waals surface area contributed by atoms with Crippen LogP contribution >= 0.6 is 0 Å². The van der Waals surface area contributed by atoms with Gasteiger partial charge >= 0.3 is 5.97 Å². The van der Waals surface area contributed by atoms with Gasteiger partial charge in [0.25, 0.3) is 0 Å². The van der Waals surface area contributed by atoms with Gasteiger partial charge in [0.15, 0.2) is 0 Å². The van der Waals surface area contributed by atoms with Gasteiger partial charge in [0.1, 0.15) is 11.6 Å². The van der Waals surface area contributed by atoms with Crippen LogP contribution < -0.4 is 0 Å². The SMILES string of the molecule is COC(=O)CS(=O)CCC(C)c1ccc(-c2ccccc2F)cc1. The summed E-state index contributed by atoms with van der Waals surface area (Å²) in [6.07, 6.45) is 0.711. The molecule has 0 aliphatic heterocycles. The van der Waals surface area contributed by atoms with Crippen molar-refractivity contribution in [3.63, 3.8) is 0 Å². The lowest BCUT2D eigenvalue weighted by atomic mass is 9.96. The summed E-state index contributed by atoms with van der Waals surface area (Å²) in [5.74, 6) is -0.0890. The summed E-state index contributed by atoms with van der Waals surface area (Å²) < 4.78 is 30.1. The highest BCUT2D eigenvalue weighted by Crippen LogP contribution is 2.26. The summed E-state index contributed by atoms with van der Waals surface area (Å²) in [6, 6.07) is 14.4. The van der Waals surface area contributed by atoms with Gasteiger partial charge in [-0.1, -0.05) is 49.4 Å². The minimum atomic E-state index is -1.21. The molecule has 0 spiro atoms. The lowest BCUT2D eigenvalue weighted by Crippen LogP contribution is -2.15. The molecule has 0 aliphatic rings. The predicted octanol–water partition coefficient (Wildman–Crippen LogP) is 3.91. The molecule has 0 amide bonds. The third-order valence-electron chi connectivity index (χ3n) is 3.95. The van der Waals surface area contributed by atoms with Crippen molar-refractivity contribution in [1.29, 1.82) is 0 Å². The van der Waals surface area contributed by atoms with Crippen LogP contribution in [0.1, 0.15) is 24.8 Å². The van der Waals surface area contributed by atoms with E-state index in [1.165, 1.54) is 13.2 Å². The van der Waals surface area contributed by atoms with Crippen LogP contribution in [-0.2, 0) is 20.3 Å². The zero-order valence-electron chi connectivity index (χ0n) is 13.8. The normalized spacial score (nSPS) is 13.3. The van der Waals surface area contributed by atoms with Gasteiger partial charge in [-0.3, -0.25) is 9.00 Å². The largest absolute Gasteiger partial charge is 0.468 e. The number of rotatable bonds is 7. The Balaban J connectivity index is 1.96. The molecule has 128 valence electrons. The van der Waals surface area contributed by atoms with Crippen molar-refractivity contribution in [3.05, 3.63) is 59.9 Å². The first-order valence-electron chi connectivity index (χ1n) is 7.78. The lowest BCUT2D eigenvalue weighted by molar-refractivity contribution is -0.137. The third-order valence-corrected chi connectivity index (χ3v) is 5.20. The van der Waals surface area contributed by atoms with Crippen LogP contribution in [0.15, 0.2) is 48.5 Å². The average molecular weight is 348 g/mol. The number of ether oxygens (including phenoxy) is 1. The molecule has 2 aromatic rings. The molecule has 0 aliphatic carbocycles. The standard InChI is InChI=1S/C19H21FO3S/c1-14(11-12-24(22)13-19(21)23-2)15-7-9-16(10-8-15)17-5-3-4-6-18(17)20/h3-10,14H,11-13H2,1-2H3. The molecule has 5 heteroatoms. The van der Waals surface area contributed by atoms with Gasteiger partial charge in [0.05, 0.1) is 7.11 Å². The van der Waals surface area contributed by atoms with Gasteiger partial charge < -0.3 is 4.74 Å². The van der Waals surface area contributed by atoms with Crippen molar-refractivity contribution in [2.24, 2.45) is 0 Å². The second-order valence-electron chi connectivity index (χ2n) is 5.66. The first kappa shape index (κ1) is 18.3. The molecular weight excluding hydrogens is 327 g/mol. The summed E-state index contributed by atoms with van der Waals surface area (Å²) in [5.41, 5.74) is 2.51. The van der Waals surface area contributed by atoms with Crippen LogP contribution in [-0.4, -0.2) is 28.8 Å². The Bertz CT molecular complexity index is 713. The number of benzene rings is 2. The maximum atomic E-state index is 13.8. The van der Waals surface area contributed by atoms with Gasteiger partial charge in [-0.2, -0.15) is 0 Å². The van der Waals surface area contributed by atoms with E-state index < -0.39 is 16.8 Å². The van der Waals surface area contributed by atoms with Crippen molar-refractivity contribution in [2.75, 3.05) is 18.6 Å². The number of methoxy groups -OCH3 is 1. The van der Waals surface area contributed by atoms with Crippen LogP contribution in [0.3, 0.4) is 0 Å². The van der Waals surface area contributed by atoms with E-state index in [2.05, 4.69) is 4.74 Å². The quantitative estimate of drug-likeness (QED) is 0.713. The van der Waals surface area contributed by atoms with Crippen molar-refractivity contribution < 1.29 is 18.1 Å². The highest BCUT2D eigenvalue weighted by Gasteiger charge is 2.12. The van der Waals surface area contributed by atoms with E-state index in [9.17, 15) is 13.4 Å². The molecule has 0 saturated heterocycles. The topological polar surface area (TPSA) is 43.4 Å². The van der Waals surface area contributed by atoms with Gasteiger partial charge in [0, 0.05) is 22.1 Å². The van der Waals surface area contributed by atoms with Gasteiger partial charge in [-0.15, -0.1) is 0 Å². The number of hydrogen-bond acceptors (Lipinski definition) is 3. The zero-order valence-corrected chi connectivity index (χ0v) is 14.6. The van der Waals surface area contributed by atoms with E-state index in [0.29, 0.717) is 17.7 Å². The van der Waals surface area contributed by atoms with E-state index in [4.69, 9.17) is 0 Å². The fourth-order valence-electron chi connectivity index (χ4n) is 2.42. The first-order valence-corrected chi connectivity index (χ1v) is 9.26. The first-order chi connectivity index (χ1) is 11.5. The van der Waals surface area contributed by atoms with E-state index in [-0.39, 0.29) is 17.5 Å². The number of hydrogen-bond donors (Lipinski definition) is 0. The Hall–Kier alpha value is -2.01. The van der Waals surface area contributed by atoms with E-state index >= 15 is 0 Å². The average Bonchev–Trinajstić information content (AvgIpc) is 2.60. The Morgan fingerprint density at radius 1 is 1.17 bits per heavy atom. The van der Waals surface area contributed by atoms with Gasteiger partial charge in [-0.25, -0.2) is 4.39 Å². The third kappa shape index (κ3) is 4.99. The molecule has 0 radical (unpaired) electrons. The van der Waals surface area contributed by atoms with Crippen LogP contribution in [0.25, 0.3) is 11.1 Å². The molecule has 3 nitrogen and oxygen atoms in total. The van der Waals surface area contributed by atoms with E-state index in [1.54, 1.807) is 12.1 Å². The number of carbonyl (C=O) groups is 1. The molecule has 2 atom stereocenters. The zero-order chi connectivity index (χ0) is 17.5. The van der Waals surface area contributed by atoms with Crippen LogP contribution in [0, 0.1) is 5.82 Å². The van der Waals surface area contributed by atoms with Crippen LogP contribution in [0.5, 0.6) is 0 Å². The molecule has 2 unspecified atom stereocenters. The lowest BCUT2D eigenvalue weighted by Gasteiger charge is -2.12. The van der Waals surface area contributed by atoms with E-state index in [1.807, 2.05) is 37.3 Å². The number of esters is 1. The monoisotopic (exact) mass is 348 g/mol. The van der Waals surface area contributed by atoms with Crippen molar-refractivity contribution in [3.8, 4) is 11.1 Å². The van der Waals surface area contributed by atoms with Crippen molar-refractivity contribution in [2.45, 2.75) is 19.3 Å². The molecule has 0 heterocycles. The van der Waals surface area contributed by atoms with Crippen LogP contribution in [0.2, 0.25) is 0 Å². The maximum absolute atomic E-state index is 13.8. The highest BCUT2D eigenvalue weighted by atomic mass is 32.2. The minimum Gasteiger partial charge on any atom is -0.468 e. The van der Waals surface area contributed by atoms with E-state index in [0.717, 1.165) is 11.1 Å². The molecule has 0 fully saturated rings. The van der Waals surface area contributed by atoms with Gasteiger partial charge in [-0.05, 0) is 29.5 Å². The summed E-state index contributed by atoms with van der Waals surface area (Å²) in [7, 11) is 0.0853. The van der Waals surface area contributed by atoms with Crippen molar-refractivity contribution in [1.82, 2.24) is 0 Å². The Morgan fingerprint density at radius 3 is 2.46 bits per heavy atom. The summed E-state index contributed by atoms with van der Waals surface area (Å²) in [4.78, 5) is 11.1. The summed E-state index contributed by atoms with van der Waals surface area (Å²) >= 11 is 0. The summed E-state index contributed by atoms with van der Waals surface area (Å²) in [6.45, 7) is 2.05. The summed E-state index contributed by atoms with van der Waals surface area (Å²) in [5, 5.41) is 0. The second-order valence-corrected chi connectivity index (χ2v) is 7.23. The smallest absolute Gasteiger partial charge is 0.318 e. The highest BCUT2D eigenvalue weighted by molar-refractivity contribution is 7.85. The minimum absolute atomic E-state index is 0.0601. The Labute approximate surface area is 144 Å². The van der Waals surface area contributed by atoms with Crippen LogP contribution in [0.4, 0.5) is 4.39 Å². The second kappa shape index (κ2) is 8.73. The fraction of sp³-hybridized carbons (Fsp3) is 0.316. The maximum Gasteiger partial charge on any atom is 0.318 e. The van der Waals surface area contributed by atoms with Gasteiger partial charge in [0.2, 0.25) is 0 Å². The molecular formula is C19H21FO3S. The number of halogens is 1.